The Hall–Kier alpha value is -2.27. The number of nitrogens with one attached hydrogen (secondary N) is 1. The molecule has 0 radical (unpaired) electrons. The number of carbonyl (C=O) groups is 3. The predicted octanol–water partition coefficient (Wildman–Crippen LogP) is 0.219. The number of hydrogen-bond acceptors (Lipinski definition) is 4. The molecule has 3 rings (SSSR count). The van der Waals surface area contributed by atoms with Gasteiger partial charge in [0.1, 0.15) is 0 Å². The molecule has 2 aliphatic rings. The van der Waals surface area contributed by atoms with Gasteiger partial charge >= 0.3 is 0 Å². The van der Waals surface area contributed by atoms with E-state index in [1.165, 1.54) is 0 Å². The number of benzene rings is 1. The van der Waals surface area contributed by atoms with Crippen LogP contribution in [0.3, 0.4) is 0 Å². The van der Waals surface area contributed by atoms with Gasteiger partial charge in [0, 0.05) is 11.6 Å². The van der Waals surface area contributed by atoms with Gasteiger partial charge in [0.25, 0.3) is 5.91 Å². The smallest absolute Gasteiger partial charge is 0.255 e. The Morgan fingerprint density at radius 2 is 1.83 bits per heavy atom. The van der Waals surface area contributed by atoms with Gasteiger partial charge in [-0.3, -0.25) is 14.4 Å². The maximum atomic E-state index is 11.8. The van der Waals surface area contributed by atoms with E-state index < -0.39 is 18.1 Å². The lowest BCUT2D eigenvalue weighted by Gasteiger charge is -2.09. The van der Waals surface area contributed by atoms with Gasteiger partial charge in [-0.05, 0) is 12.1 Å². The molecule has 1 amide bonds. The fourth-order valence-corrected chi connectivity index (χ4v) is 1.86. The number of amides is 1. The van der Waals surface area contributed by atoms with Crippen LogP contribution in [0.1, 0.15) is 10.4 Å². The van der Waals surface area contributed by atoms with Crippen LogP contribution in [0.25, 0.3) is 0 Å². The summed E-state index contributed by atoms with van der Waals surface area (Å²) in [5.74, 6) is -1.03. The first kappa shape index (κ1) is 10.9. The number of Topliss-reactive ketones (excluding diaryl/α,β-unsaturated/α-hetero) is 1. The van der Waals surface area contributed by atoms with E-state index in [2.05, 4.69) is 5.32 Å². The average Bonchev–Trinajstić information content (AvgIpc) is 3.17. The Labute approximate surface area is 102 Å². The predicted molar refractivity (Wildman–Crippen MR) is 60.7 cm³/mol. The number of ether oxygens (including phenoxy) is 1. The third-order valence-corrected chi connectivity index (χ3v) is 2.87. The van der Waals surface area contributed by atoms with Gasteiger partial charge in [0.15, 0.2) is 18.0 Å². The molecular formula is C13H9NO4. The van der Waals surface area contributed by atoms with E-state index in [1.54, 1.807) is 30.3 Å². The van der Waals surface area contributed by atoms with Gasteiger partial charge in [-0.1, -0.05) is 18.2 Å². The third-order valence-electron chi connectivity index (χ3n) is 2.87. The van der Waals surface area contributed by atoms with Crippen molar-refractivity contribution in [3.05, 3.63) is 47.7 Å². The minimum absolute atomic E-state index is 0.00704. The van der Waals surface area contributed by atoms with E-state index in [1.807, 2.05) is 0 Å². The summed E-state index contributed by atoms with van der Waals surface area (Å²) < 4.78 is 4.92. The van der Waals surface area contributed by atoms with Crippen LogP contribution >= 0.6 is 0 Å². The summed E-state index contributed by atoms with van der Waals surface area (Å²) in [6.07, 6.45) is -0.194. The van der Waals surface area contributed by atoms with Gasteiger partial charge in [-0.15, -0.1) is 0 Å². The summed E-state index contributed by atoms with van der Waals surface area (Å²) in [6, 6.07) is 8.48. The summed E-state index contributed by atoms with van der Waals surface area (Å²) in [5.41, 5.74) is 0.435. The van der Waals surface area contributed by atoms with Gasteiger partial charge in [-0.25, -0.2) is 0 Å². The molecular weight excluding hydrogens is 234 g/mol. The largest absolute Gasteiger partial charge is 0.352 e. The van der Waals surface area contributed by atoms with E-state index in [0.717, 1.165) is 6.08 Å². The molecule has 90 valence electrons. The first-order valence-electron chi connectivity index (χ1n) is 5.48. The first-order chi connectivity index (χ1) is 8.66. The SMILES string of the molecule is O=C(NC1=CC(=O)C2OC2C1=O)c1ccccc1. The summed E-state index contributed by atoms with van der Waals surface area (Å²) in [4.78, 5) is 35.0. The molecule has 18 heavy (non-hydrogen) atoms. The normalized spacial score (nSPS) is 25.2. The van der Waals surface area contributed by atoms with Crippen LogP contribution in [-0.2, 0) is 14.3 Å². The second-order valence-corrected chi connectivity index (χ2v) is 4.12. The van der Waals surface area contributed by atoms with E-state index >= 15 is 0 Å². The highest BCUT2D eigenvalue weighted by Crippen LogP contribution is 2.30. The number of hydrogen-bond donors (Lipinski definition) is 1. The van der Waals surface area contributed by atoms with Crippen LogP contribution in [0.15, 0.2) is 42.1 Å². The minimum Gasteiger partial charge on any atom is -0.352 e. The van der Waals surface area contributed by atoms with Crippen molar-refractivity contribution in [3.8, 4) is 0 Å². The molecule has 1 aromatic rings. The lowest BCUT2D eigenvalue weighted by molar-refractivity contribution is -0.119. The number of ketones is 2. The lowest BCUT2D eigenvalue weighted by Crippen LogP contribution is -2.34. The quantitative estimate of drug-likeness (QED) is 0.754. The minimum atomic E-state index is -0.700. The molecule has 5 heteroatoms. The van der Waals surface area contributed by atoms with Gasteiger partial charge in [0.05, 0.1) is 5.70 Å². The molecule has 1 aliphatic carbocycles. The third kappa shape index (κ3) is 1.74. The van der Waals surface area contributed by atoms with E-state index in [-0.39, 0.29) is 17.3 Å². The standard InChI is InChI=1S/C13H9NO4/c15-9-6-8(10(16)12-11(9)18-12)14-13(17)7-4-2-1-3-5-7/h1-6,11-12H,(H,14,17). The zero-order chi connectivity index (χ0) is 12.7. The van der Waals surface area contributed by atoms with E-state index in [0.29, 0.717) is 5.56 Å². The van der Waals surface area contributed by atoms with Gasteiger partial charge in [0.2, 0.25) is 5.78 Å². The highest BCUT2D eigenvalue weighted by atomic mass is 16.6. The van der Waals surface area contributed by atoms with Crippen LogP contribution in [0.2, 0.25) is 0 Å². The second-order valence-electron chi connectivity index (χ2n) is 4.12. The van der Waals surface area contributed by atoms with Crippen molar-refractivity contribution in [1.82, 2.24) is 5.32 Å². The number of epoxide rings is 1. The highest BCUT2D eigenvalue weighted by molar-refractivity contribution is 6.17. The molecule has 1 N–H and O–H groups in total. The molecule has 0 saturated carbocycles. The monoisotopic (exact) mass is 243 g/mol. The van der Waals surface area contributed by atoms with Crippen molar-refractivity contribution in [2.45, 2.75) is 12.2 Å². The molecule has 2 atom stereocenters. The molecule has 1 aliphatic heterocycles. The summed E-state index contributed by atoms with van der Waals surface area (Å²) >= 11 is 0. The molecule has 2 unspecified atom stereocenters. The first-order valence-corrected chi connectivity index (χ1v) is 5.48. The number of rotatable bonds is 2. The van der Waals surface area contributed by atoms with Crippen molar-refractivity contribution in [1.29, 1.82) is 0 Å². The molecule has 1 aromatic carbocycles. The second kappa shape index (κ2) is 3.89. The molecule has 1 fully saturated rings. The van der Waals surface area contributed by atoms with E-state index in [4.69, 9.17) is 4.74 Å². The van der Waals surface area contributed by atoms with Crippen LogP contribution in [0, 0.1) is 0 Å². The van der Waals surface area contributed by atoms with Crippen LogP contribution in [0.4, 0.5) is 0 Å². The molecule has 1 heterocycles. The zero-order valence-electron chi connectivity index (χ0n) is 9.25. The zero-order valence-corrected chi connectivity index (χ0v) is 9.25. The Morgan fingerprint density at radius 3 is 2.56 bits per heavy atom. The molecule has 0 spiro atoms. The number of carbonyl (C=O) groups excluding carboxylic acids is 3. The molecule has 5 nitrogen and oxygen atoms in total. The maximum Gasteiger partial charge on any atom is 0.255 e. The van der Waals surface area contributed by atoms with Gasteiger partial charge in [-0.2, -0.15) is 0 Å². The molecule has 0 bridgehead atoms. The van der Waals surface area contributed by atoms with Crippen molar-refractivity contribution in [2.75, 3.05) is 0 Å². The van der Waals surface area contributed by atoms with Crippen LogP contribution in [0.5, 0.6) is 0 Å². The molecule has 0 aromatic heterocycles. The van der Waals surface area contributed by atoms with E-state index in [9.17, 15) is 14.4 Å². The van der Waals surface area contributed by atoms with Crippen molar-refractivity contribution < 1.29 is 19.1 Å². The van der Waals surface area contributed by atoms with Crippen molar-refractivity contribution in [3.63, 3.8) is 0 Å². The maximum absolute atomic E-state index is 11.8. The topological polar surface area (TPSA) is 75.8 Å². The Balaban J connectivity index is 1.79. The fourth-order valence-electron chi connectivity index (χ4n) is 1.86. The van der Waals surface area contributed by atoms with Gasteiger partial charge < -0.3 is 10.1 Å². The fraction of sp³-hybridized carbons (Fsp3) is 0.154. The van der Waals surface area contributed by atoms with Crippen LogP contribution in [-0.4, -0.2) is 29.7 Å². The Morgan fingerprint density at radius 1 is 1.11 bits per heavy atom. The molecule has 1 saturated heterocycles. The number of fused-ring (bicyclic) bond motifs is 1. The van der Waals surface area contributed by atoms with Crippen molar-refractivity contribution in [2.24, 2.45) is 0 Å². The summed E-state index contributed by atoms with van der Waals surface area (Å²) in [5, 5.41) is 2.44. The lowest BCUT2D eigenvalue weighted by atomic mass is 10.0. The Kier molecular flexibility index (Phi) is 2.34. The summed E-state index contributed by atoms with van der Waals surface area (Å²) in [6.45, 7) is 0. The Bertz CT molecular complexity index is 576. The van der Waals surface area contributed by atoms with Crippen molar-refractivity contribution >= 4 is 17.5 Å². The highest BCUT2D eigenvalue weighted by Gasteiger charge is 2.53. The average molecular weight is 243 g/mol. The van der Waals surface area contributed by atoms with Crippen LogP contribution < -0.4 is 5.32 Å². The summed E-state index contributed by atoms with van der Waals surface area (Å²) in [7, 11) is 0.